The maximum atomic E-state index is 12.4. The summed E-state index contributed by atoms with van der Waals surface area (Å²) < 4.78 is 36.4. The fourth-order valence-corrected chi connectivity index (χ4v) is 4.14. The van der Waals surface area contributed by atoms with Crippen LogP contribution in [-0.2, 0) is 21.4 Å². The molecule has 1 aliphatic heterocycles. The summed E-state index contributed by atoms with van der Waals surface area (Å²) in [4.78, 5) is 0.0287. The van der Waals surface area contributed by atoms with Crippen LogP contribution in [0.5, 0.6) is 0 Å². The van der Waals surface area contributed by atoms with Gasteiger partial charge in [0.25, 0.3) is 0 Å². The van der Waals surface area contributed by atoms with E-state index >= 15 is 0 Å². The fourth-order valence-electron chi connectivity index (χ4n) is 1.81. The van der Waals surface area contributed by atoms with Crippen molar-refractivity contribution in [3.63, 3.8) is 0 Å². The van der Waals surface area contributed by atoms with Gasteiger partial charge in [-0.2, -0.15) is 4.31 Å². The lowest BCUT2D eigenvalue weighted by Crippen LogP contribution is -2.37. The number of sulfonamides is 1. The van der Waals surface area contributed by atoms with E-state index in [1.165, 1.54) is 17.4 Å². The first-order valence-corrected chi connectivity index (χ1v) is 7.65. The number of rotatable bonds is 4. The number of nitrogens with zero attached hydrogens (tertiary/aromatic N) is 1. The molecule has 8 heteroatoms. The number of aliphatic hydroxyl groups excluding tert-OH is 1. The predicted octanol–water partition coefficient (Wildman–Crippen LogP) is 0.944. The number of hydrogen-bond donors (Lipinski definition) is 1. The molecule has 2 rings (SSSR count). The minimum atomic E-state index is -3.64. The van der Waals surface area contributed by atoms with Crippen LogP contribution in [0.2, 0.25) is 0 Å². The van der Waals surface area contributed by atoms with Crippen molar-refractivity contribution in [3.8, 4) is 0 Å². The summed E-state index contributed by atoms with van der Waals surface area (Å²) in [5.41, 5.74) is 0. The van der Waals surface area contributed by atoms with Crippen molar-refractivity contribution >= 4 is 26.0 Å². The summed E-state index contributed by atoms with van der Waals surface area (Å²) in [6.07, 6.45) is 0.679. The number of ether oxygens (including phenoxy) is 1. The summed E-state index contributed by atoms with van der Waals surface area (Å²) in [5.74, 6) is 0.205. The third-order valence-corrected chi connectivity index (χ3v) is 5.71. The zero-order valence-electron chi connectivity index (χ0n) is 9.80. The van der Waals surface area contributed by atoms with Crippen molar-refractivity contribution in [1.82, 2.24) is 4.31 Å². The molecule has 1 unspecified atom stereocenters. The molecule has 1 aromatic rings. The van der Waals surface area contributed by atoms with E-state index in [1.807, 2.05) is 0 Å². The minimum absolute atomic E-state index is 0.0287. The van der Waals surface area contributed by atoms with E-state index in [0.29, 0.717) is 19.6 Å². The van der Waals surface area contributed by atoms with Gasteiger partial charge >= 0.3 is 0 Å². The highest BCUT2D eigenvalue weighted by Crippen LogP contribution is 2.30. The van der Waals surface area contributed by atoms with E-state index in [9.17, 15) is 8.42 Å². The topological polar surface area (TPSA) is 80.0 Å². The second-order valence-corrected chi connectivity index (χ2v) is 6.73. The van der Waals surface area contributed by atoms with Crippen LogP contribution in [0.15, 0.2) is 20.0 Å². The van der Waals surface area contributed by atoms with Crippen LogP contribution < -0.4 is 0 Å². The van der Waals surface area contributed by atoms with Crippen molar-refractivity contribution in [2.75, 3.05) is 20.3 Å². The Hall–Kier alpha value is -0.410. The monoisotopic (exact) mass is 339 g/mol. The second kappa shape index (κ2) is 5.30. The van der Waals surface area contributed by atoms with Gasteiger partial charge in [0.1, 0.15) is 17.3 Å². The molecule has 18 heavy (non-hydrogen) atoms. The highest BCUT2D eigenvalue weighted by molar-refractivity contribution is 9.10. The van der Waals surface area contributed by atoms with Gasteiger partial charge in [-0.05, 0) is 22.4 Å². The highest BCUT2D eigenvalue weighted by atomic mass is 79.9. The van der Waals surface area contributed by atoms with Crippen LogP contribution in [-0.4, -0.2) is 44.1 Å². The van der Waals surface area contributed by atoms with E-state index in [4.69, 9.17) is 14.3 Å². The molecule has 0 bridgehead atoms. The summed E-state index contributed by atoms with van der Waals surface area (Å²) in [6.45, 7) is 0.626. The summed E-state index contributed by atoms with van der Waals surface area (Å²) >= 11 is 3.06. The van der Waals surface area contributed by atoms with Crippen molar-refractivity contribution < 1.29 is 22.7 Å². The van der Waals surface area contributed by atoms with Gasteiger partial charge in [0.05, 0.1) is 12.6 Å². The molecular weight excluding hydrogens is 326 g/mol. The molecule has 1 fully saturated rings. The van der Waals surface area contributed by atoms with Crippen LogP contribution in [0.3, 0.4) is 0 Å². The van der Waals surface area contributed by atoms with E-state index in [-0.39, 0.29) is 28.0 Å². The first-order chi connectivity index (χ1) is 8.46. The normalized spacial score (nSPS) is 20.8. The molecule has 0 radical (unpaired) electrons. The Balaban J connectivity index is 2.31. The number of hydrogen-bond acceptors (Lipinski definition) is 5. The minimum Gasteiger partial charge on any atom is -0.450 e. The van der Waals surface area contributed by atoms with Gasteiger partial charge in [0, 0.05) is 19.7 Å². The Kier molecular flexibility index (Phi) is 4.12. The lowest BCUT2D eigenvalue weighted by molar-refractivity contribution is 0.181. The molecule has 6 nitrogen and oxygen atoms in total. The standard InChI is InChI=1S/C10H14BrNO5S/c1-12(7-2-3-16-6-7)18(14,15)9-4-8(5-13)17-10(9)11/h4,7,13H,2-3,5-6H2,1H3. The van der Waals surface area contributed by atoms with Gasteiger partial charge in [-0.1, -0.05) is 0 Å². The molecule has 1 aliphatic rings. The Morgan fingerprint density at radius 1 is 1.61 bits per heavy atom. The summed E-state index contributed by atoms with van der Waals surface area (Å²) in [6, 6.07) is 1.17. The van der Waals surface area contributed by atoms with Crippen LogP contribution in [0, 0.1) is 0 Å². The average molecular weight is 340 g/mol. The summed E-state index contributed by atoms with van der Waals surface area (Å²) in [7, 11) is -2.12. The molecule has 0 aliphatic carbocycles. The number of aliphatic hydroxyl groups is 1. The molecule has 1 saturated heterocycles. The van der Waals surface area contributed by atoms with Crippen LogP contribution >= 0.6 is 15.9 Å². The molecule has 102 valence electrons. The molecule has 2 heterocycles. The van der Waals surface area contributed by atoms with Crippen molar-refractivity contribution in [2.24, 2.45) is 0 Å². The number of halogens is 1. The van der Waals surface area contributed by atoms with Gasteiger partial charge in [0.15, 0.2) is 4.67 Å². The van der Waals surface area contributed by atoms with Crippen LogP contribution in [0.1, 0.15) is 12.2 Å². The molecule has 1 atom stereocenters. The maximum absolute atomic E-state index is 12.4. The molecule has 0 aromatic carbocycles. The zero-order chi connectivity index (χ0) is 13.3. The van der Waals surface area contributed by atoms with E-state index in [1.54, 1.807) is 0 Å². The highest BCUT2D eigenvalue weighted by Gasteiger charge is 2.33. The van der Waals surface area contributed by atoms with E-state index in [0.717, 1.165) is 0 Å². The van der Waals surface area contributed by atoms with E-state index in [2.05, 4.69) is 15.9 Å². The quantitative estimate of drug-likeness (QED) is 0.883. The smallest absolute Gasteiger partial charge is 0.247 e. The van der Waals surface area contributed by atoms with Crippen molar-refractivity contribution in [3.05, 3.63) is 16.5 Å². The zero-order valence-corrected chi connectivity index (χ0v) is 12.2. The molecular formula is C10H14BrNO5S. The first kappa shape index (κ1) is 14.0. The first-order valence-electron chi connectivity index (χ1n) is 5.41. The summed E-state index contributed by atoms with van der Waals surface area (Å²) in [5, 5.41) is 8.95. The lowest BCUT2D eigenvalue weighted by atomic mass is 10.3. The maximum Gasteiger partial charge on any atom is 0.247 e. The van der Waals surface area contributed by atoms with Gasteiger partial charge in [-0.3, -0.25) is 0 Å². The largest absolute Gasteiger partial charge is 0.450 e. The van der Waals surface area contributed by atoms with Gasteiger partial charge < -0.3 is 14.3 Å². The Bertz CT molecular complexity index is 520. The molecule has 1 N–H and O–H groups in total. The Morgan fingerprint density at radius 2 is 2.33 bits per heavy atom. The second-order valence-electron chi connectivity index (χ2n) is 4.05. The fraction of sp³-hybridized carbons (Fsp3) is 0.600. The average Bonchev–Trinajstić information content (AvgIpc) is 2.96. The number of likely N-dealkylation sites (N-methyl/N-ethyl adjacent to an activating group) is 1. The molecule has 0 amide bonds. The predicted molar refractivity (Wildman–Crippen MR) is 66.5 cm³/mol. The lowest BCUT2D eigenvalue weighted by Gasteiger charge is -2.21. The van der Waals surface area contributed by atoms with Crippen molar-refractivity contribution in [2.45, 2.75) is 24.0 Å². The van der Waals surface area contributed by atoms with Gasteiger partial charge in [0.2, 0.25) is 10.0 Å². The van der Waals surface area contributed by atoms with Crippen molar-refractivity contribution in [1.29, 1.82) is 0 Å². The third kappa shape index (κ3) is 2.48. The van der Waals surface area contributed by atoms with Crippen LogP contribution in [0.25, 0.3) is 0 Å². The third-order valence-electron chi connectivity index (χ3n) is 2.94. The van der Waals surface area contributed by atoms with E-state index < -0.39 is 10.0 Å². The van der Waals surface area contributed by atoms with Crippen LogP contribution in [0.4, 0.5) is 0 Å². The number of furan rings is 1. The molecule has 0 saturated carbocycles. The molecule has 1 aromatic heterocycles. The molecule has 0 spiro atoms. The van der Waals surface area contributed by atoms with Gasteiger partial charge in [-0.25, -0.2) is 8.42 Å². The SMILES string of the molecule is CN(C1CCOC1)S(=O)(=O)c1cc(CO)oc1Br. The van der Waals surface area contributed by atoms with Gasteiger partial charge in [-0.15, -0.1) is 0 Å². The Labute approximate surface area is 114 Å². The Morgan fingerprint density at radius 3 is 2.83 bits per heavy atom.